The second-order valence-corrected chi connectivity index (χ2v) is 6.21. The number of hydrogen-bond donors (Lipinski definition) is 0. The van der Waals surface area contributed by atoms with E-state index in [1.54, 1.807) is 0 Å². The molecule has 0 heterocycles. The predicted octanol–water partition coefficient (Wildman–Crippen LogP) is 4.91. The molecule has 2 rings (SSSR count). The number of ether oxygens (including phenoxy) is 2. The minimum Gasteiger partial charge on any atom is -0.494 e. The quantitative estimate of drug-likeness (QED) is 0.663. The summed E-state index contributed by atoms with van der Waals surface area (Å²) >= 11 is 0. The fourth-order valence-corrected chi connectivity index (χ4v) is 2.37. The average Bonchev–Trinajstić information content (AvgIpc) is 2.53. The molecule has 6 heteroatoms. The molecule has 0 saturated carbocycles. The lowest BCUT2D eigenvalue weighted by Crippen LogP contribution is -2.26. The van der Waals surface area contributed by atoms with Crippen molar-refractivity contribution in [2.75, 3.05) is 13.2 Å². The molecule has 0 amide bonds. The van der Waals surface area contributed by atoms with Gasteiger partial charge in [0.15, 0.2) is 0 Å². The lowest BCUT2D eigenvalue weighted by molar-refractivity contribution is -0.199. The molecule has 0 bridgehead atoms. The lowest BCUT2D eigenvalue weighted by atomic mass is 10.0. The number of fused-ring (bicyclic) bond motifs is 1. The molecule has 2 aromatic carbocycles. The molecule has 0 saturated heterocycles. The first kappa shape index (κ1) is 19.1. The van der Waals surface area contributed by atoms with Crippen molar-refractivity contribution in [3.8, 4) is 5.75 Å². The third-order valence-corrected chi connectivity index (χ3v) is 3.74. The van der Waals surface area contributed by atoms with Crippen LogP contribution in [0.5, 0.6) is 5.75 Å². The van der Waals surface area contributed by atoms with Gasteiger partial charge in [0.05, 0.1) is 13.2 Å². The smallest absolute Gasteiger partial charge is 0.490 e. The Morgan fingerprint density at radius 1 is 1.12 bits per heavy atom. The Kier molecular flexibility index (Phi) is 6.28. The van der Waals surface area contributed by atoms with Gasteiger partial charge in [-0.05, 0) is 40.8 Å². The number of halogens is 3. The van der Waals surface area contributed by atoms with Gasteiger partial charge < -0.3 is 9.47 Å². The molecule has 2 aromatic rings. The molecule has 25 heavy (non-hydrogen) atoms. The Morgan fingerprint density at radius 3 is 2.56 bits per heavy atom. The van der Waals surface area contributed by atoms with E-state index in [2.05, 4.69) is 18.6 Å². The molecular weight excluding hydrogens is 333 g/mol. The molecule has 3 nitrogen and oxygen atoms in total. The van der Waals surface area contributed by atoms with Gasteiger partial charge in [-0.1, -0.05) is 38.1 Å². The van der Waals surface area contributed by atoms with Gasteiger partial charge in [-0.15, -0.1) is 0 Å². The van der Waals surface area contributed by atoms with Crippen molar-refractivity contribution < 1.29 is 27.4 Å². The molecule has 0 aliphatic heterocycles. The van der Waals surface area contributed by atoms with Crippen LogP contribution in [0.3, 0.4) is 0 Å². The standard InChI is InChI=1S/C19H21F3O3/c1-13(2)8-10-24-16-7-6-14-4-3-5-15(17(14)12-16)9-11-25-18(23)19(20,21)22/h3-7,12-13H,8-11H2,1-2H3. The number of carbonyl (C=O) groups is 1. The Morgan fingerprint density at radius 2 is 1.88 bits per heavy atom. The van der Waals surface area contributed by atoms with Gasteiger partial charge in [0.1, 0.15) is 5.75 Å². The van der Waals surface area contributed by atoms with E-state index in [4.69, 9.17) is 4.74 Å². The number of alkyl halides is 3. The molecule has 0 atom stereocenters. The zero-order valence-corrected chi connectivity index (χ0v) is 14.2. The summed E-state index contributed by atoms with van der Waals surface area (Å²) in [6.07, 6.45) is -3.82. The van der Waals surface area contributed by atoms with Crippen molar-refractivity contribution in [3.05, 3.63) is 42.0 Å². The zero-order chi connectivity index (χ0) is 18.4. The van der Waals surface area contributed by atoms with E-state index in [-0.39, 0.29) is 13.0 Å². The average molecular weight is 354 g/mol. The van der Waals surface area contributed by atoms with E-state index in [9.17, 15) is 18.0 Å². The highest BCUT2D eigenvalue weighted by Gasteiger charge is 2.40. The summed E-state index contributed by atoms with van der Waals surface area (Å²) in [4.78, 5) is 10.8. The van der Waals surface area contributed by atoms with Gasteiger partial charge in [-0.25, -0.2) is 4.79 Å². The fraction of sp³-hybridized carbons (Fsp3) is 0.421. The van der Waals surface area contributed by atoms with E-state index in [1.165, 1.54) is 0 Å². The highest BCUT2D eigenvalue weighted by molar-refractivity contribution is 5.87. The number of carbonyl (C=O) groups excluding carboxylic acids is 1. The van der Waals surface area contributed by atoms with Crippen molar-refractivity contribution in [2.24, 2.45) is 5.92 Å². The van der Waals surface area contributed by atoms with Crippen molar-refractivity contribution in [1.29, 1.82) is 0 Å². The number of rotatable bonds is 7. The monoisotopic (exact) mass is 354 g/mol. The Bertz CT molecular complexity index is 723. The maximum Gasteiger partial charge on any atom is 0.490 e. The van der Waals surface area contributed by atoms with Crippen LogP contribution in [0.2, 0.25) is 0 Å². The largest absolute Gasteiger partial charge is 0.494 e. The molecule has 0 radical (unpaired) electrons. The molecule has 0 spiro atoms. The highest BCUT2D eigenvalue weighted by atomic mass is 19.4. The number of benzene rings is 2. The topological polar surface area (TPSA) is 35.5 Å². The van der Waals surface area contributed by atoms with Crippen LogP contribution in [0.1, 0.15) is 25.8 Å². The Hall–Kier alpha value is -2.24. The second kappa shape index (κ2) is 8.23. The number of esters is 1. The van der Waals surface area contributed by atoms with Crippen LogP contribution >= 0.6 is 0 Å². The van der Waals surface area contributed by atoms with Gasteiger partial charge in [0, 0.05) is 6.42 Å². The zero-order valence-electron chi connectivity index (χ0n) is 14.2. The third-order valence-electron chi connectivity index (χ3n) is 3.74. The van der Waals surface area contributed by atoms with Gasteiger partial charge >= 0.3 is 12.1 Å². The van der Waals surface area contributed by atoms with E-state index >= 15 is 0 Å². The minimum absolute atomic E-state index is 0.203. The van der Waals surface area contributed by atoms with Gasteiger partial charge in [-0.2, -0.15) is 13.2 Å². The van der Waals surface area contributed by atoms with Crippen LogP contribution in [0.15, 0.2) is 36.4 Å². The molecule has 0 N–H and O–H groups in total. The first-order valence-corrected chi connectivity index (χ1v) is 8.16. The molecule has 0 unspecified atom stereocenters. The normalized spacial score (nSPS) is 11.8. The van der Waals surface area contributed by atoms with Crippen LogP contribution in [-0.2, 0) is 16.0 Å². The Labute approximate surface area is 144 Å². The van der Waals surface area contributed by atoms with E-state index < -0.39 is 12.1 Å². The first-order valence-electron chi connectivity index (χ1n) is 8.16. The molecule has 0 aromatic heterocycles. The summed E-state index contributed by atoms with van der Waals surface area (Å²) in [5.74, 6) is -0.905. The lowest BCUT2D eigenvalue weighted by Gasteiger charge is -2.12. The van der Waals surface area contributed by atoms with E-state index in [0.29, 0.717) is 18.3 Å². The third kappa shape index (κ3) is 5.66. The molecule has 136 valence electrons. The number of hydrogen-bond acceptors (Lipinski definition) is 3. The summed E-state index contributed by atoms with van der Waals surface area (Å²) in [5, 5.41) is 1.84. The van der Waals surface area contributed by atoms with E-state index in [0.717, 1.165) is 22.8 Å². The van der Waals surface area contributed by atoms with Gasteiger partial charge in [0.2, 0.25) is 0 Å². The Balaban J connectivity index is 2.07. The van der Waals surface area contributed by atoms with Crippen molar-refractivity contribution in [2.45, 2.75) is 32.9 Å². The summed E-state index contributed by atoms with van der Waals surface area (Å²) in [7, 11) is 0. The van der Waals surface area contributed by atoms with Gasteiger partial charge in [-0.3, -0.25) is 0 Å². The predicted molar refractivity (Wildman–Crippen MR) is 89.6 cm³/mol. The SMILES string of the molecule is CC(C)CCOc1ccc2cccc(CCOC(=O)C(F)(F)F)c2c1. The molecular formula is C19H21F3O3. The second-order valence-electron chi connectivity index (χ2n) is 6.21. The first-order chi connectivity index (χ1) is 11.8. The highest BCUT2D eigenvalue weighted by Crippen LogP contribution is 2.25. The summed E-state index contributed by atoms with van der Waals surface area (Å²) in [5.41, 5.74) is 0.807. The van der Waals surface area contributed by atoms with Crippen LogP contribution in [0.25, 0.3) is 10.8 Å². The molecule has 0 aliphatic carbocycles. The van der Waals surface area contributed by atoms with Crippen LogP contribution in [-0.4, -0.2) is 25.4 Å². The van der Waals surface area contributed by atoms with Crippen molar-refractivity contribution in [3.63, 3.8) is 0 Å². The summed E-state index contributed by atoms with van der Waals surface area (Å²) in [6, 6.07) is 11.2. The van der Waals surface area contributed by atoms with Crippen LogP contribution in [0, 0.1) is 5.92 Å². The molecule has 0 fully saturated rings. The van der Waals surface area contributed by atoms with Crippen LogP contribution in [0.4, 0.5) is 13.2 Å². The maximum atomic E-state index is 12.2. The minimum atomic E-state index is -4.96. The van der Waals surface area contributed by atoms with Crippen molar-refractivity contribution in [1.82, 2.24) is 0 Å². The van der Waals surface area contributed by atoms with Crippen molar-refractivity contribution >= 4 is 16.7 Å². The van der Waals surface area contributed by atoms with E-state index in [1.807, 2.05) is 36.4 Å². The summed E-state index contributed by atoms with van der Waals surface area (Å²) in [6.45, 7) is 4.51. The molecule has 0 aliphatic rings. The summed E-state index contributed by atoms with van der Waals surface area (Å²) < 4.78 is 46.5. The van der Waals surface area contributed by atoms with Gasteiger partial charge in [0.25, 0.3) is 0 Å². The maximum absolute atomic E-state index is 12.2. The van der Waals surface area contributed by atoms with Crippen LogP contribution < -0.4 is 4.74 Å². The fourth-order valence-electron chi connectivity index (χ4n) is 2.37.